The number of aryl methyl sites for hydroxylation is 1. The summed E-state index contributed by atoms with van der Waals surface area (Å²) in [5, 5.41) is 14.0. The van der Waals surface area contributed by atoms with Crippen LogP contribution in [0.3, 0.4) is 0 Å². The number of rotatable bonds is 2. The van der Waals surface area contributed by atoms with Gasteiger partial charge in [0.2, 0.25) is 5.95 Å². The van der Waals surface area contributed by atoms with Crippen molar-refractivity contribution in [3.8, 4) is 0 Å². The summed E-state index contributed by atoms with van der Waals surface area (Å²) < 4.78 is 9.50. The third-order valence-electron chi connectivity index (χ3n) is 5.53. The summed E-state index contributed by atoms with van der Waals surface area (Å²) >= 11 is 0. The molecule has 10 heteroatoms. The molecule has 10 nitrogen and oxygen atoms in total. The maximum Gasteiger partial charge on any atom is 0.229 e. The third-order valence-corrected chi connectivity index (χ3v) is 5.53. The van der Waals surface area contributed by atoms with Gasteiger partial charge in [0.15, 0.2) is 11.5 Å². The number of fused-ring (bicyclic) bond motifs is 2. The van der Waals surface area contributed by atoms with Gasteiger partial charge < -0.3 is 19.9 Å². The smallest absolute Gasteiger partial charge is 0.229 e. The number of anilines is 2. The van der Waals surface area contributed by atoms with E-state index in [1.165, 1.54) is 0 Å². The zero-order chi connectivity index (χ0) is 18.5. The monoisotopic (exact) mass is 369 g/mol. The molecule has 27 heavy (non-hydrogen) atoms. The SMILES string of the molecule is C[C@H]1CN(c2nc(N)c3cnn(C)c3n2)Cc2nnc(C3CCOCC3)n21. The molecule has 1 atom stereocenters. The van der Waals surface area contributed by atoms with E-state index in [0.717, 1.165) is 55.3 Å². The summed E-state index contributed by atoms with van der Waals surface area (Å²) in [4.78, 5) is 11.3. The average molecular weight is 369 g/mol. The van der Waals surface area contributed by atoms with Crippen LogP contribution in [-0.2, 0) is 18.3 Å². The van der Waals surface area contributed by atoms with E-state index in [1.54, 1.807) is 10.9 Å². The van der Waals surface area contributed by atoms with Gasteiger partial charge in [-0.25, -0.2) is 0 Å². The van der Waals surface area contributed by atoms with E-state index in [0.29, 0.717) is 24.2 Å². The molecular weight excluding hydrogens is 346 g/mol. The van der Waals surface area contributed by atoms with Crippen LogP contribution < -0.4 is 10.6 Å². The summed E-state index contributed by atoms with van der Waals surface area (Å²) in [6, 6.07) is 0.230. The molecule has 0 spiro atoms. The minimum Gasteiger partial charge on any atom is -0.383 e. The quantitative estimate of drug-likeness (QED) is 0.712. The Kier molecular flexibility index (Phi) is 3.74. The second-order valence-electron chi connectivity index (χ2n) is 7.37. The number of aromatic nitrogens is 7. The number of nitrogens with zero attached hydrogens (tertiary/aromatic N) is 8. The van der Waals surface area contributed by atoms with Gasteiger partial charge in [-0.05, 0) is 19.8 Å². The zero-order valence-corrected chi connectivity index (χ0v) is 15.5. The lowest BCUT2D eigenvalue weighted by molar-refractivity contribution is 0.0823. The molecule has 5 rings (SSSR count). The van der Waals surface area contributed by atoms with E-state index in [-0.39, 0.29) is 6.04 Å². The number of hydrogen-bond donors (Lipinski definition) is 1. The van der Waals surface area contributed by atoms with Crippen LogP contribution >= 0.6 is 0 Å². The molecule has 2 N–H and O–H groups in total. The Morgan fingerprint density at radius 3 is 2.81 bits per heavy atom. The van der Waals surface area contributed by atoms with Gasteiger partial charge in [0, 0.05) is 32.7 Å². The average Bonchev–Trinajstić information content (AvgIpc) is 3.27. The molecule has 3 aromatic heterocycles. The first-order chi connectivity index (χ1) is 13.1. The highest BCUT2D eigenvalue weighted by Crippen LogP contribution is 2.32. The summed E-state index contributed by atoms with van der Waals surface area (Å²) in [7, 11) is 1.86. The summed E-state index contributed by atoms with van der Waals surface area (Å²) in [5.41, 5.74) is 6.87. The first kappa shape index (κ1) is 16.4. The fraction of sp³-hybridized carbons (Fsp3) is 0.588. The molecule has 2 aliphatic heterocycles. The van der Waals surface area contributed by atoms with Crippen molar-refractivity contribution in [1.29, 1.82) is 0 Å². The Bertz CT molecular complexity index is 988. The number of nitrogens with two attached hydrogens (primary N) is 1. The van der Waals surface area contributed by atoms with Gasteiger partial charge in [-0.1, -0.05) is 0 Å². The van der Waals surface area contributed by atoms with Crippen LogP contribution in [0.5, 0.6) is 0 Å². The molecule has 0 bridgehead atoms. The Labute approximate surface area is 156 Å². The second-order valence-corrected chi connectivity index (χ2v) is 7.37. The molecule has 2 aliphatic rings. The Morgan fingerprint density at radius 2 is 2.00 bits per heavy atom. The topological polar surface area (TPSA) is 113 Å². The van der Waals surface area contributed by atoms with Gasteiger partial charge in [0.1, 0.15) is 11.6 Å². The molecule has 0 aromatic carbocycles. The predicted octanol–water partition coefficient (Wildman–Crippen LogP) is 1.01. The molecule has 0 saturated carbocycles. The number of hydrogen-bond acceptors (Lipinski definition) is 8. The molecule has 1 fully saturated rings. The molecule has 0 unspecified atom stereocenters. The lowest BCUT2D eigenvalue weighted by Gasteiger charge is -2.34. The van der Waals surface area contributed by atoms with Crippen LogP contribution in [0.2, 0.25) is 0 Å². The lowest BCUT2D eigenvalue weighted by atomic mass is 9.99. The number of ether oxygens (including phenoxy) is 1. The fourth-order valence-corrected chi connectivity index (χ4v) is 4.12. The highest BCUT2D eigenvalue weighted by Gasteiger charge is 2.31. The second kappa shape index (κ2) is 6.15. The first-order valence-corrected chi connectivity index (χ1v) is 9.33. The van der Waals surface area contributed by atoms with Crippen molar-refractivity contribution in [2.75, 3.05) is 30.4 Å². The standard InChI is InChI=1S/C17H23N9O/c1-10-8-25(17-20-14(18)12-7-19-24(2)16(12)21-17)9-13-22-23-15(26(10)13)11-3-5-27-6-4-11/h7,10-11H,3-6,8-9H2,1-2H3,(H2,18,20,21)/t10-/m0/s1. The molecule has 142 valence electrons. The molecule has 3 aromatic rings. The van der Waals surface area contributed by atoms with Crippen LogP contribution in [0.25, 0.3) is 11.0 Å². The van der Waals surface area contributed by atoms with Crippen LogP contribution in [0.1, 0.15) is 43.4 Å². The minimum atomic E-state index is 0.230. The maximum absolute atomic E-state index is 6.13. The maximum atomic E-state index is 6.13. The van der Waals surface area contributed by atoms with Gasteiger partial charge in [-0.2, -0.15) is 15.1 Å². The van der Waals surface area contributed by atoms with Gasteiger partial charge in [0.05, 0.1) is 24.2 Å². The van der Waals surface area contributed by atoms with Gasteiger partial charge in [-0.3, -0.25) is 4.68 Å². The zero-order valence-electron chi connectivity index (χ0n) is 15.5. The van der Waals surface area contributed by atoms with Gasteiger partial charge >= 0.3 is 0 Å². The normalized spacial score (nSPS) is 21.0. The predicted molar refractivity (Wildman–Crippen MR) is 99.3 cm³/mol. The Morgan fingerprint density at radius 1 is 1.19 bits per heavy atom. The number of nitrogen functional groups attached to an aromatic ring is 1. The van der Waals surface area contributed by atoms with Crippen LogP contribution in [0.15, 0.2) is 6.20 Å². The van der Waals surface area contributed by atoms with Crippen molar-refractivity contribution < 1.29 is 4.74 Å². The van der Waals surface area contributed by atoms with Gasteiger partial charge in [0.25, 0.3) is 0 Å². The van der Waals surface area contributed by atoms with Crippen molar-refractivity contribution >= 4 is 22.8 Å². The highest BCUT2D eigenvalue weighted by atomic mass is 16.5. The van der Waals surface area contributed by atoms with Crippen LogP contribution in [-0.4, -0.2) is 54.3 Å². The molecule has 0 radical (unpaired) electrons. The van der Waals surface area contributed by atoms with Crippen molar-refractivity contribution in [1.82, 2.24) is 34.5 Å². The lowest BCUT2D eigenvalue weighted by Crippen LogP contribution is -2.38. The van der Waals surface area contributed by atoms with Crippen molar-refractivity contribution in [2.45, 2.75) is 38.3 Å². The van der Waals surface area contributed by atoms with E-state index >= 15 is 0 Å². The molecule has 5 heterocycles. The van der Waals surface area contributed by atoms with E-state index in [9.17, 15) is 0 Å². The molecule has 1 saturated heterocycles. The molecule has 0 amide bonds. The first-order valence-electron chi connectivity index (χ1n) is 9.33. The van der Waals surface area contributed by atoms with E-state index < -0.39 is 0 Å². The van der Waals surface area contributed by atoms with E-state index in [4.69, 9.17) is 10.5 Å². The molecule has 0 aliphatic carbocycles. The van der Waals surface area contributed by atoms with Crippen molar-refractivity contribution in [3.63, 3.8) is 0 Å². The largest absolute Gasteiger partial charge is 0.383 e. The summed E-state index contributed by atoms with van der Waals surface area (Å²) in [6.07, 6.45) is 3.71. The third kappa shape index (κ3) is 2.62. The summed E-state index contributed by atoms with van der Waals surface area (Å²) in [5.74, 6) is 3.51. The van der Waals surface area contributed by atoms with Crippen molar-refractivity contribution in [3.05, 3.63) is 17.8 Å². The van der Waals surface area contributed by atoms with Crippen LogP contribution in [0.4, 0.5) is 11.8 Å². The highest BCUT2D eigenvalue weighted by molar-refractivity contribution is 5.86. The van der Waals surface area contributed by atoms with Crippen molar-refractivity contribution in [2.24, 2.45) is 7.05 Å². The van der Waals surface area contributed by atoms with Crippen LogP contribution in [0, 0.1) is 0 Å². The van der Waals surface area contributed by atoms with E-state index in [1.807, 2.05) is 7.05 Å². The fourth-order valence-electron chi connectivity index (χ4n) is 4.12. The molecular formula is C17H23N9O. The summed E-state index contributed by atoms with van der Waals surface area (Å²) in [6.45, 7) is 5.18. The van der Waals surface area contributed by atoms with Gasteiger partial charge in [-0.15, -0.1) is 10.2 Å². The Hall–Kier alpha value is -2.75. The Balaban J connectivity index is 1.48. The minimum absolute atomic E-state index is 0.230. The van der Waals surface area contributed by atoms with E-state index in [2.05, 4.69) is 41.7 Å².